The Labute approximate surface area is 215 Å². The summed E-state index contributed by atoms with van der Waals surface area (Å²) in [5.41, 5.74) is 3.22. The van der Waals surface area contributed by atoms with E-state index in [4.69, 9.17) is 0 Å². The maximum absolute atomic E-state index is 13.9. The molecule has 1 aliphatic rings. The number of hydrogen-bond donors (Lipinski definition) is 0. The minimum atomic E-state index is -0.514. The first-order chi connectivity index (χ1) is 17.7. The number of carbonyl (C=O) groups is 2. The molecule has 0 N–H and O–H groups in total. The molecule has 1 aromatic heterocycles. The summed E-state index contributed by atoms with van der Waals surface area (Å²) in [6, 6.07) is 26.9. The number of pyridine rings is 1. The van der Waals surface area contributed by atoms with Crippen LogP contribution < -0.4 is 5.56 Å². The highest BCUT2D eigenvalue weighted by atomic mass is 16.2. The summed E-state index contributed by atoms with van der Waals surface area (Å²) in [4.78, 5) is 42.7. The van der Waals surface area contributed by atoms with Gasteiger partial charge in [0.15, 0.2) is 0 Å². The number of aromatic nitrogens is 1. The summed E-state index contributed by atoms with van der Waals surface area (Å²) in [5, 5.41) is 9.20. The molecule has 0 bridgehead atoms. The van der Waals surface area contributed by atoms with E-state index in [0.717, 1.165) is 11.1 Å². The van der Waals surface area contributed by atoms with Crippen LogP contribution in [0, 0.1) is 11.3 Å². The standard InChI is InChI=1S/C31H25N3O3/c1-31(2,3)24-11-7-8-12-25(24)34-26(35)17-23(22-15-13-20(18-32)14-16-22)27-28(34)30(37)33(29(27)36)19-21-9-5-4-6-10-21/h4-17H,19H2,1-3H3. The molecular formula is C31H25N3O3. The van der Waals surface area contributed by atoms with E-state index in [9.17, 15) is 19.6 Å². The Hall–Kier alpha value is -4.76. The van der Waals surface area contributed by atoms with E-state index in [2.05, 4.69) is 6.07 Å². The normalized spacial score (nSPS) is 13.0. The number of fused-ring (bicyclic) bond motifs is 1. The van der Waals surface area contributed by atoms with Crippen molar-refractivity contribution < 1.29 is 9.59 Å². The molecule has 0 unspecified atom stereocenters. The molecular weight excluding hydrogens is 462 g/mol. The lowest BCUT2D eigenvalue weighted by molar-refractivity contribution is 0.0639. The average Bonchev–Trinajstić information content (AvgIpc) is 3.13. The van der Waals surface area contributed by atoms with Crippen LogP contribution in [0.1, 0.15) is 58.3 Å². The first kappa shape index (κ1) is 24.0. The SMILES string of the molecule is CC(C)(C)c1ccccc1-n1c2c(c(-c3ccc(C#N)cc3)cc1=O)C(=O)N(Cc1ccccc1)C2=O. The lowest BCUT2D eigenvalue weighted by Crippen LogP contribution is -2.31. The third-order valence-corrected chi connectivity index (χ3v) is 6.59. The number of amides is 2. The van der Waals surface area contributed by atoms with Crippen LogP contribution in [0.5, 0.6) is 0 Å². The molecule has 2 amide bonds. The molecule has 6 nitrogen and oxygen atoms in total. The molecule has 0 aliphatic carbocycles. The van der Waals surface area contributed by atoms with E-state index in [1.54, 1.807) is 30.3 Å². The summed E-state index contributed by atoms with van der Waals surface area (Å²) in [7, 11) is 0. The van der Waals surface area contributed by atoms with Gasteiger partial charge < -0.3 is 0 Å². The molecule has 6 heteroatoms. The molecule has 0 spiro atoms. The van der Waals surface area contributed by atoms with Crippen molar-refractivity contribution >= 4 is 11.8 Å². The van der Waals surface area contributed by atoms with Crippen molar-refractivity contribution in [3.05, 3.63) is 123 Å². The molecule has 4 aromatic rings. The second-order valence-electron chi connectivity index (χ2n) is 10.1. The lowest BCUT2D eigenvalue weighted by Gasteiger charge is -2.24. The van der Waals surface area contributed by atoms with Crippen molar-refractivity contribution in [1.82, 2.24) is 9.47 Å². The van der Waals surface area contributed by atoms with Gasteiger partial charge in [0.05, 0.1) is 29.4 Å². The Morgan fingerprint density at radius 3 is 2.11 bits per heavy atom. The molecule has 0 atom stereocenters. The number of nitriles is 1. The van der Waals surface area contributed by atoms with Gasteiger partial charge in [-0.25, -0.2) is 0 Å². The van der Waals surface area contributed by atoms with Gasteiger partial charge in [-0.1, -0.05) is 81.4 Å². The summed E-state index contributed by atoms with van der Waals surface area (Å²) in [6.45, 7) is 6.21. The van der Waals surface area contributed by atoms with E-state index in [1.165, 1.54) is 15.5 Å². The first-order valence-electron chi connectivity index (χ1n) is 12.0. The zero-order valence-corrected chi connectivity index (χ0v) is 20.9. The van der Waals surface area contributed by atoms with Gasteiger partial charge in [0.25, 0.3) is 17.4 Å². The number of para-hydroxylation sites is 1. The fourth-order valence-corrected chi connectivity index (χ4v) is 4.79. The van der Waals surface area contributed by atoms with Gasteiger partial charge in [-0.3, -0.25) is 23.9 Å². The van der Waals surface area contributed by atoms with Gasteiger partial charge in [0.2, 0.25) is 0 Å². The summed E-state index contributed by atoms with van der Waals surface area (Å²) < 4.78 is 1.38. The monoisotopic (exact) mass is 487 g/mol. The Morgan fingerprint density at radius 1 is 0.811 bits per heavy atom. The highest BCUT2D eigenvalue weighted by molar-refractivity contribution is 6.23. The molecule has 37 heavy (non-hydrogen) atoms. The number of benzene rings is 3. The van der Waals surface area contributed by atoms with Crippen LogP contribution in [0.3, 0.4) is 0 Å². The van der Waals surface area contributed by atoms with Crippen LogP contribution in [-0.2, 0) is 12.0 Å². The predicted octanol–water partition coefficient (Wildman–Crippen LogP) is 5.47. The zero-order chi connectivity index (χ0) is 26.3. The third-order valence-electron chi connectivity index (χ3n) is 6.59. The average molecular weight is 488 g/mol. The minimum absolute atomic E-state index is 0.0597. The van der Waals surface area contributed by atoms with E-state index in [0.29, 0.717) is 22.4 Å². The second-order valence-corrected chi connectivity index (χ2v) is 10.1. The van der Waals surface area contributed by atoms with Crippen molar-refractivity contribution in [3.63, 3.8) is 0 Å². The maximum atomic E-state index is 13.9. The Kier molecular flexibility index (Phi) is 5.85. The number of imide groups is 1. The number of rotatable bonds is 4. The van der Waals surface area contributed by atoms with E-state index in [-0.39, 0.29) is 23.2 Å². The Bertz CT molecular complexity index is 1640. The van der Waals surface area contributed by atoms with Gasteiger partial charge in [-0.15, -0.1) is 0 Å². The molecule has 1 aliphatic heterocycles. The maximum Gasteiger partial charge on any atom is 0.278 e. The molecule has 2 heterocycles. The predicted molar refractivity (Wildman–Crippen MR) is 142 cm³/mol. The molecule has 0 fully saturated rings. The molecule has 0 saturated carbocycles. The van der Waals surface area contributed by atoms with Crippen LogP contribution in [-0.4, -0.2) is 21.3 Å². The van der Waals surface area contributed by atoms with E-state index < -0.39 is 17.4 Å². The molecule has 5 rings (SSSR count). The largest absolute Gasteiger partial charge is 0.278 e. The summed E-state index contributed by atoms with van der Waals surface area (Å²) in [5.74, 6) is -0.967. The highest BCUT2D eigenvalue weighted by Gasteiger charge is 2.41. The van der Waals surface area contributed by atoms with Gasteiger partial charge in [-0.2, -0.15) is 5.26 Å². The minimum Gasteiger partial charge on any atom is -0.271 e. The molecule has 3 aromatic carbocycles. The summed E-state index contributed by atoms with van der Waals surface area (Å²) >= 11 is 0. The van der Waals surface area contributed by atoms with Gasteiger partial charge in [0, 0.05) is 11.6 Å². The van der Waals surface area contributed by atoms with Crippen molar-refractivity contribution in [1.29, 1.82) is 5.26 Å². The topological polar surface area (TPSA) is 83.2 Å². The van der Waals surface area contributed by atoms with Gasteiger partial charge in [0.1, 0.15) is 5.69 Å². The molecule has 0 saturated heterocycles. The van der Waals surface area contributed by atoms with Crippen molar-refractivity contribution in [2.45, 2.75) is 32.7 Å². The second kappa shape index (κ2) is 9.03. The number of carbonyl (C=O) groups excluding carboxylic acids is 2. The first-order valence-corrected chi connectivity index (χ1v) is 12.0. The van der Waals surface area contributed by atoms with Crippen molar-refractivity contribution in [2.24, 2.45) is 0 Å². The fourth-order valence-electron chi connectivity index (χ4n) is 4.79. The number of hydrogen-bond acceptors (Lipinski definition) is 4. The highest BCUT2D eigenvalue weighted by Crippen LogP contribution is 2.36. The van der Waals surface area contributed by atoms with Crippen molar-refractivity contribution in [2.75, 3.05) is 0 Å². The van der Waals surface area contributed by atoms with Crippen molar-refractivity contribution in [3.8, 4) is 22.9 Å². The quantitative estimate of drug-likeness (QED) is 0.358. The fraction of sp³-hybridized carbons (Fsp3) is 0.161. The van der Waals surface area contributed by atoms with Gasteiger partial charge >= 0.3 is 0 Å². The third kappa shape index (κ3) is 4.15. The van der Waals surface area contributed by atoms with Crippen LogP contribution in [0.2, 0.25) is 0 Å². The van der Waals surface area contributed by atoms with Crippen LogP contribution in [0.4, 0.5) is 0 Å². The number of nitrogens with zero attached hydrogens (tertiary/aromatic N) is 3. The van der Waals surface area contributed by atoms with Gasteiger partial charge in [-0.05, 0) is 40.3 Å². The molecule has 182 valence electrons. The van der Waals surface area contributed by atoms with E-state index >= 15 is 0 Å². The molecule has 0 radical (unpaired) electrons. The Balaban J connectivity index is 1.79. The Morgan fingerprint density at radius 2 is 1.46 bits per heavy atom. The lowest BCUT2D eigenvalue weighted by atomic mass is 9.85. The zero-order valence-electron chi connectivity index (χ0n) is 20.9. The van der Waals surface area contributed by atoms with E-state index in [1.807, 2.05) is 69.3 Å². The smallest absolute Gasteiger partial charge is 0.271 e. The van der Waals surface area contributed by atoms with Crippen LogP contribution in [0.15, 0.2) is 89.7 Å². The summed E-state index contributed by atoms with van der Waals surface area (Å²) in [6.07, 6.45) is 0. The van der Waals surface area contributed by atoms with Crippen LogP contribution in [0.25, 0.3) is 16.8 Å². The van der Waals surface area contributed by atoms with Crippen LogP contribution >= 0.6 is 0 Å².